The van der Waals surface area contributed by atoms with Gasteiger partial charge in [0.15, 0.2) is 0 Å². The highest BCUT2D eigenvalue weighted by molar-refractivity contribution is 7.89. The van der Waals surface area contributed by atoms with Gasteiger partial charge in [0.2, 0.25) is 15.9 Å². The molecule has 1 saturated carbocycles. The summed E-state index contributed by atoms with van der Waals surface area (Å²) in [6, 6.07) is 11.1. The van der Waals surface area contributed by atoms with Crippen molar-refractivity contribution in [3.63, 3.8) is 0 Å². The Balaban J connectivity index is 1.68. The molecule has 2 fully saturated rings. The van der Waals surface area contributed by atoms with Crippen LogP contribution in [0.25, 0.3) is 0 Å². The molecule has 0 spiro atoms. The molecule has 170 valence electrons. The Labute approximate surface area is 193 Å². The van der Waals surface area contributed by atoms with Crippen LogP contribution in [0.5, 0.6) is 5.75 Å². The maximum atomic E-state index is 13.6. The van der Waals surface area contributed by atoms with Crippen molar-refractivity contribution in [2.24, 2.45) is 0 Å². The molecule has 0 aromatic heterocycles. The number of rotatable bonds is 7. The fourth-order valence-corrected chi connectivity index (χ4v) is 6.40. The quantitative estimate of drug-likeness (QED) is 0.564. The molecule has 1 aliphatic carbocycles. The van der Waals surface area contributed by atoms with Crippen molar-refractivity contribution in [2.75, 3.05) is 11.5 Å². The van der Waals surface area contributed by atoms with Crippen molar-refractivity contribution in [3.05, 3.63) is 53.6 Å². The first-order valence-electron chi connectivity index (χ1n) is 10.7. The monoisotopic (exact) mass is 476 g/mol. The largest absolute Gasteiger partial charge is 0.494 e. The maximum Gasteiger partial charge on any atom is 0.252 e. The zero-order valence-corrected chi connectivity index (χ0v) is 19.3. The SMILES string of the molecule is CCOc1ccc(N2C(=O)CC(N(C3CCCC3)S(=O)(=O)c3ccc(Cl)cc3)C2=O)cc1. The van der Waals surface area contributed by atoms with E-state index in [2.05, 4.69) is 0 Å². The number of carbonyl (C=O) groups is 2. The number of anilines is 1. The second kappa shape index (κ2) is 9.21. The molecule has 2 aromatic carbocycles. The number of sulfonamides is 1. The smallest absolute Gasteiger partial charge is 0.252 e. The van der Waals surface area contributed by atoms with E-state index in [0.717, 1.165) is 17.7 Å². The van der Waals surface area contributed by atoms with E-state index < -0.39 is 27.9 Å². The first kappa shape index (κ1) is 22.8. The van der Waals surface area contributed by atoms with E-state index in [1.807, 2.05) is 6.92 Å². The average molecular weight is 477 g/mol. The van der Waals surface area contributed by atoms with Gasteiger partial charge in [-0.05, 0) is 68.3 Å². The molecular formula is C23H25ClN2O5S. The van der Waals surface area contributed by atoms with Crippen molar-refractivity contribution >= 4 is 39.1 Å². The molecule has 1 heterocycles. The highest BCUT2D eigenvalue weighted by Gasteiger charge is 2.49. The Bertz CT molecular complexity index is 1100. The molecule has 32 heavy (non-hydrogen) atoms. The average Bonchev–Trinajstić information content (AvgIpc) is 3.38. The predicted molar refractivity (Wildman–Crippen MR) is 121 cm³/mol. The summed E-state index contributed by atoms with van der Waals surface area (Å²) in [5.41, 5.74) is 0.404. The Morgan fingerprint density at radius 3 is 2.25 bits per heavy atom. The summed E-state index contributed by atoms with van der Waals surface area (Å²) < 4.78 is 33.9. The summed E-state index contributed by atoms with van der Waals surface area (Å²) in [6.45, 7) is 2.37. The zero-order chi connectivity index (χ0) is 22.9. The summed E-state index contributed by atoms with van der Waals surface area (Å²) >= 11 is 5.93. The molecule has 0 radical (unpaired) electrons. The number of hydrogen-bond donors (Lipinski definition) is 0. The number of ether oxygens (including phenoxy) is 1. The lowest BCUT2D eigenvalue weighted by molar-refractivity contribution is -0.122. The molecule has 1 unspecified atom stereocenters. The molecule has 1 saturated heterocycles. The molecule has 9 heteroatoms. The molecule has 7 nitrogen and oxygen atoms in total. The van der Waals surface area contributed by atoms with Crippen LogP contribution in [-0.4, -0.2) is 43.2 Å². The van der Waals surface area contributed by atoms with Crippen molar-refractivity contribution < 1.29 is 22.7 Å². The van der Waals surface area contributed by atoms with Gasteiger partial charge in [-0.2, -0.15) is 4.31 Å². The fourth-order valence-electron chi connectivity index (χ4n) is 4.45. The summed E-state index contributed by atoms with van der Waals surface area (Å²) in [4.78, 5) is 27.4. The van der Waals surface area contributed by atoms with E-state index in [9.17, 15) is 18.0 Å². The number of carbonyl (C=O) groups excluding carboxylic acids is 2. The van der Waals surface area contributed by atoms with E-state index >= 15 is 0 Å². The van der Waals surface area contributed by atoms with Gasteiger partial charge in [-0.1, -0.05) is 24.4 Å². The van der Waals surface area contributed by atoms with Crippen molar-refractivity contribution in [1.29, 1.82) is 0 Å². The second-order valence-corrected chi connectivity index (χ2v) is 10.2. The van der Waals surface area contributed by atoms with Crippen molar-refractivity contribution in [2.45, 2.75) is 56.0 Å². The van der Waals surface area contributed by atoms with E-state index in [4.69, 9.17) is 16.3 Å². The lowest BCUT2D eigenvalue weighted by atomic mass is 10.2. The first-order valence-corrected chi connectivity index (χ1v) is 12.5. The minimum Gasteiger partial charge on any atom is -0.494 e. The van der Waals surface area contributed by atoms with Gasteiger partial charge < -0.3 is 4.74 Å². The van der Waals surface area contributed by atoms with Crippen LogP contribution in [0.1, 0.15) is 39.0 Å². The van der Waals surface area contributed by atoms with Gasteiger partial charge >= 0.3 is 0 Å². The number of nitrogens with zero attached hydrogens (tertiary/aromatic N) is 2. The number of hydrogen-bond acceptors (Lipinski definition) is 5. The van der Waals surface area contributed by atoms with Crippen LogP contribution in [0.2, 0.25) is 5.02 Å². The summed E-state index contributed by atoms with van der Waals surface area (Å²) in [5, 5.41) is 0.421. The molecule has 2 aromatic rings. The number of imide groups is 1. The Morgan fingerprint density at radius 2 is 1.66 bits per heavy atom. The standard InChI is InChI=1S/C23H25ClN2O5S/c1-2-31-19-11-9-17(10-12-19)25-22(27)15-21(23(25)28)26(18-5-3-4-6-18)32(29,30)20-13-7-16(24)8-14-20/h7-14,18,21H,2-6,15H2,1H3. The lowest BCUT2D eigenvalue weighted by Gasteiger charge is -2.32. The maximum absolute atomic E-state index is 13.6. The third kappa shape index (κ3) is 4.27. The summed E-state index contributed by atoms with van der Waals surface area (Å²) in [5.74, 6) is -0.313. The van der Waals surface area contributed by atoms with Gasteiger partial charge in [0.1, 0.15) is 11.8 Å². The van der Waals surface area contributed by atoms with E-state index in [1.165, 1.54) is 28.6 Å². The van der Waals surface area contributed by atoms with Crippen LogP contribution in [0.15, 0.2) is 53.4 Å². The van der Waals surface area contributed by atoms with Crippen LogP contribution in [0, 0.1) is 0 Å². The van der Waals surface area contributed by atoms with E-state index in [0.29, 0.717) is 35.9 Å². The predicted octanol–water partition coefficient (Wildman–Crippen LogP) is 4.00. The third-order valence-corrected chi connectivity index (χ3v) is 8.14. The normalized spacial score (nSPS) is 19.8. The van der Waals surface area contributed by atoms with Gasteiger partial charge in [0.05, 0.1) is 23.6 Å². The van der Waals surface area contributed by atoms with Crippen LogP contribution in [-0.2, 0) is 19.6 Å². The highest BCUT2D eigenvalue weighted by atomic mass is 35.5. The van der Waals surface area contributed by atoms with Gasteiger partial charge in [0.25, 0.3) is 5.91 Å². The lowest BCUT2D eigenvalue weighted by Crippen LogP contribution is -2.49. The molecule has 0 bridgehead atoms. The van der Waals surface area contributed by atoms with E-state index in [-0.39, 0.29) is 17.4 Å². The Morgan fingerprint density at radius 1 is 1.03 bits per heavy atom. The van der Waals surface area contributed by atoms with Gasteiger partial charge in [-0.25, -0.2) is 13.3 Å². The minimum atomic E-state index is -4.01. The van der Waals surface area contributed by atoms with Crippen LogP contribution >= 0.6 is 11.6 Å². The molecule has 0 N–H and O–H groups in total. The van der Waals surface area contributed by atoms with Gasteiger partial charge in [-0.15, -0.1) is 0 Å². The minimum absolute atomic E-state index is 0.0635. The van der Waals surface area contributed by atoms with Crippen LogP contribution in [0.4, 0.5) is 5.69 Å². The van der Waals surface area contributed by atoms with Gasteiger partial charge in [0, 0.05) is 11.1 Å². The van der Waals surface area contributed by atoms with Crippen LogP contribution < -0.4 is 9.64 Å². The molecule has 1 aliphatic heterocycles. The Hall–Kier alpha value is -2.42. The number of benzene rings is 2. The molecule has 2 aliphatic rings. The van der Waals surface area contributed by atoms with Crippen LogP contribution in [0.3, 0.4) is 0 Å². The second-order valence-electron chi connectivity index (χ2n) is 7.94. The number of amides is 2. The Kier molecular flexibility index (Phi) is 6.55. The first-order chi connectivity index (χ1) is 15.3. The topological polar surface area (TPSA) is 84.0 Å². The van der Waals surface area contributed by atoms with Crippen molar-refractivity contribution in [1.82, 2.24) is 4.31 Å². The fraction of sp³-hybridized carbons (Fsp3) is 0.391. The third-order valence-electron chi connectivity index (χ3n) is 5.91. The number of halogens is 1. The molecule has 2 amide bonds. The van der Waals surface area contributed by atoms with Gasteiger partial charge in [-0.3, -0.25) is 9.59 Å². The molecule has 1 atom stereocenters. The summed E-state index contributed by atoms with van der Waals surface area (Å²) in [7, 11) is -4.01. The van der Waals surface area contributed by atoms with E-state index in [1.54, 1.807) is 24.3 Å². The summed E-state index contributed by atoms with van der Waals surface area (Å²) in [6.07, 6.45) is 2.90. The molecular weight excluding hydrogens is 452 g/mol. The highest BCUT2D eigenvalue weighted by Crippen LogP contribution is 2.36. The van der Waals surface area contributed by atoms with Crippen molar-refractivity contribution in [3.8, 4) is 5.75 Å². The zero-order valence-electron chi connectivity index (χ0n) is 17.7. The molecule has 4 rings (SSSR count).